The maximum atomic E-state index is 5.76. The van der Waals surface area contributed by atoms with Crippen LogP contribution in [0.3, 0.4) is 0 Å². The van der Waals surface area contributed by atoms with Crippen molar-refractivity contribution in [1.82, 2.24) is 5.32 Å². The van der Waals surface area contributed by atoms with Crippen LogP contribution in [0.2, 0.25) is 0 Å². The Morgan fingerprint density at radius 3 is 2.33 bits per heavy atom. The fourth-order valence-electron chi connectivity index (χ4n) is 2.14. The predicted octanol–water partition coefficient (Wildman–Crippen LogP) is 1.27. The average Bonchev–Trinajstić information content (AvgIpc) is 2.41. The van der Waals surface area contributed by atoms with Crippen LogP contribution in [0.25, 0.3) is 0 Å². The molecule has 1 saturated heterocycles. The van der Waals surface area contributed by atoms with Crippen LogP contribution >= 0.6 is 0 Å². The Morgan fingerprint density at radius 1 is 1.25 bits per heavy atom. The van der Waals surface area contributed by atoms with Crippen LogP contribution in [0.5, 0.6) is 0 Å². The first-order valence-corrected chi connectivity index (χ1v) is 4.92. The first-order chi connectivity index (χ1) is 5.58. The number of ether oxygens (including phenoxy) is 1. The summed E-state index contributed by atoms with van der Waals surface area (Å²) in [5.74, 6) is 2.74. The van der Waals surface area contributed by atoms with Crippen LogP contribution in [0.15, 0.2) is 0 Å². The monoisotopic (exact) mass is 169 g/mol. The minimum Gasteiger partial charge on any atom is -0.376 e. The summed E-state index contributed by atoms with van der Waals surface area (Å²) >= 11 is 0. The molecule has 1 unspecified atom stereocenters. The van der Waals surface area contributed by atoms with Crippen LogP contribution in [-0.4, -0.2) is 25.3 Å². The second-order valence-corrected chi connectivity index (χ2v) is 5.07. The second-order valence-electron chi connectivity index (χ2n) is 5.07. The Bertz CT molecular complexity index is 163. The summed E-state index contributed by atoms with van der Waals surface area (Å²) in [6.07, 6.45) is 0. The molecule has 2 heteroatoms. The zero-order valence-corrected chi connectivity index (χ0v) is 8.26. The van der Waals surface area contributed by atoms with Gasteiger partial charge < -0.3 is 10.1 Å². The van der Waals surface area contributed by atoms with Gasteiger partial charge in [0, 0.05) is 0 Å². The van der Waals surface area contributed by atoms with Gasteiger partial charge in [0.2, 0.25) is 0 Å². The summed E-state index contributed by atoms with van der Waals surface area (Å²) in [5, 5.41) is 3.39. The van der Waals surface area contributed by atoms with Gasteiger partial charge in [-0.3, -0.25) is 0 Å². The topological polar surface area (TPSA) is 21.3 Å². The van der Waals surface area contributed by atoms with E-state index in [1.54, 1.807) is 0 Å². The molecular weight excluding hydrogens is 150 g/mol. The molecule has 1 N–H and O–H groups in total. The molecule has 0 spiro atoms. The number of nitrogens with one attached hydrogen (secondary N) is 1. The highest BCUT2D eigenvalue weighted by atomic mass is 16.5. The molecular formula is C10H19NO. The van der Waals surface area contributed by atoms with E-state index in [4.69, 9.17) is 4.74 Å². The van der Waals surface area contributed by atoms with Gasteiger partial charge in [-0.15, -0.1) is 0 Å². The van der Waals surface area contributed by atoms with Crippen molar-refractivity contribution in [3.05, 3.63) is 0 Å². The zero-order chi connectivity index (χ0) is 8.77. The third-order valence-corrected chi connectivity index (χ3v) is 2.98. The van der Waals surface area contributed by atoms with Crippen LogP contribution in [0, 0.1) is 17.8 Å². The molecule has 0 bridgehead atoms. The van der Waals surface area contributed by atoms with Crippen molar-refractivity contribution in [1.29, 1.82) is 0 Å². The van der Waals surface area contributed by atoms with Crippen molar-refractivity contribution in [3.8, 4) is 0 Å². The molecule has 0 amide bonds. The molecule has 0 aromatic carbocycles. The van der Waals surface area contributed by atoms with E-state index in [1.807, 2.05) is 0 Å². The smallest absolute Gasteiger partial charge is 0.0598 e. The molecule has 2 nitrogen and oxygen atoms in total. The molecule has 2 aliphatic rings. The third-order valence-electron chi connectivity index (χ3n) is 2.98. The molecule has 0 aromatic rings. The van der Waals surface area contributed by atoms with Gasteiger partial charge in [0.1, 0.15) is 0 Å². The number of hydrogen-bond donors (Lipinski definition) is 1. The van der Waals surface area contributed by atoms with Gasteiger partial charge in [-0.05, 0) is 51.6 Å². The minimum absolute atomic E-state index is 0.0459. The number of hydrogen-bond acceptors (Lipinski definition) is 2. The van der Waals surface area contributed by atoms with Crippen molar-refractivity contribution in [2.24, 2.45) is 17.8 Å². The lowest BCUT2D eigenvalue weighted by atomic mass is 10.2. The summed E-state index contributed by atoms with van der Waals surface area (Å²) in [6.45, 7) is 9.81. The number of rotatable bonds is 2. The molecule has 12 heavy (non-hydrogen) atoms. The van der Waals surface area contributed by atoms with Gasteiger partial charge >= 0.3 is 0 Å². The Kier molecular flexibility index (Phi) is 1.92. The third kappa shape index (κ3) is 1.64. The Balaban J connectivity index is 1.70. The largest absolute Gasteiger partial charge is 0.376 e. The maximum Gasteiger partial charge on any atom is 0.0598 e. The van der Waals surface area contributed by atoms with Crippen molar-refractivity contribution in [3.63, 3.8) is 0 Å². The lowest BCUT2D eigenvalue weighted by Crippen LogP contribution is -2.23. The van der Waals surface area contributed by atoms with Crippen molar-refractivity contribution in [2.75, 3.05) is 19.7 Å². The molecule has 0 aromatic heterocycles. The van der Waals surface area contributed by atoms with Crippen molar-refractivity contribution >= 4 is 0 Å². The maximum absolute atomic E-state index is 5.76. The molecule has 70 valence electrons. The summed E-state index contributed by atoms with van der Waals surface area (Å²) in [4.78, 5) is 0. The summed E-state index contributed by atoms with van der Waals surface area (Å²) in [5.41, 5.74) is 0.0459. The van der Waals surface area contributed by atoms with E-state index in [1.165, 1.54) is 13.1 Å². The van der Waals surface area contributed by atoms with Gasteiger partial charge in [0.25, 0.3) is 0 Å². The number of piperidine rings is 1. The van der Waals surface area contributed by atoms with Gasteiger partial charge in [-0.25, -0.2) is 0 Å². The Labute approximate surface area is 74.7 Å². The fraction of sp³-hybridized carbons (Fsp3) is 1.00. The highest BCUT2D eigenvalue weighted by Gasteiger charge is 2.52. The Morgan fingerprint density at radius 2 is 1.83 bits per heavy atom. The molecule has 1 heterocycles. The first-order valence-electron chi connectivity index (χ1n) is 4.92. The average molecular weight is 169 g/mol. The standard InChI is InChI=1S/C10H19NO/c1-10(2,3)12-6-9-7-4-11-5-8(7)9/h7-9,11H,4-6H2,1-3H3/t7-,8+,9?. The van der Waals surface area contributed by atoms with Gasteiger partial charge in [0.05, 0.1) is 12.2 Å². The van der Waals surface area contributed by atoms with E-state index < -0.39 is 0 Å². The van der Waals surface area contributed by atoms with Crippen molar-refractivity contribution < 1.29 is 4.74 Å². The van der Waals surface area contributed by atoms with Gasteiger partial charge in [-0.2, -0.15) is 0 Å². The lowest BCUT2D eigenvalue weighted by molar-refractivity contribution is -0.0127. The van der Waals surface area contributed by atoms with Crippen LogP contribution in [0.1, 0.15) is 20.8 Å². The lowest BCUT2D eigenvalue weighted by Gasteiger charge is -2.20. The predicted molar refractivity (Wildman–Crippen MR) is 49.0 cm³/mol. The highest BCUT2D eigenvalue weighted by molar-refractivity contribution is 5.03. The number of fused-ring (bicyclic) bond motifs is 1. The van der Waals surface area contributed by atoms with Crippen LogP contribution < -0.4 is 5.32 Å². The first kappa shape index (κ1) is 8.52. The van der Waals surface area contributed by atoms with Gasteiger partial charge in [-0.1, -0.05) is 0 Å². The van der Waals surface area contributed by atoms with E-state index >= 15 is 0 Å². The van der Waals surface area contributed by atoms with E-state index in [9.17, 15) is 0 Å². The van der Waals surface area contributed by atoms with Gasteiger partial charge in [0.15, 0.2) is 0 Å². The molecule has 1 saturated carbocycles. The molecule has 3 atom stereocenters. The molecule has 2 fully saturated rings. The fourth-order valence-corrected chi connectivity index (χ4v) is 2.14. The van der Waals surface area contributed by atoms with E-state index in [2.05, 4.69) is 26.1 Å². The molecule has 1 aliphatic heterocycles. The normalized spacial score (nSPS) is 39.8. The second kappa shape index (κ2) is 2.71. The van der Waals surface area contributed by atoms with E-state index in [0.717, 1.165) is 24.4 Å². The molecule has 0 radical (unpaired) electrons. The van der Waals surface area contributed by atoms with E-state index in [-0.39, 0.29) is 5.60 Å². The minimum atomic E-state index is 0.0459. The highest BCUT2D eigenvalue weighted by Crippen LogP contribution is 2.48. The molecule has 1 aliphatic carbocycles. The molecule has 2 rings (SSSR count). The van der Waals surface area contributed by atoms with Crippen molar-refractivity contribution in [2.45, 2.75) is 26.4 Å². The quantitative estimate of drug-likeness (QED) is 0.672. The Hall–Kier alpha value is -0.0800. The summed E-state index contributed by atoms with van der Waals surface area (Å²) in [6, 6.07) is 0. The SMILES string of the molecule is CC(C)(C)OCC1[C@H]2CNC[C@@H]12. The van der Waals surface area contributed by atoms with Crippen LogP contribution in [-0.2, 0) is 4.74 Å². The summed E-state index contributed by atoms with van der Waals surface area (Å²) < 4.78 is 5.76. The van der Waals surface area contributed by atoms with Crippen LogP contribution in [0.4, 0.5) is 0 Å². The zero-order valence-electron chi connectivity index (χ0n) is 8.26. The van der Waals surface area contributed by atoms with E-state index in [0.29, 0.717) is 0 Å². The summed E-state index contributed by atoms with van der Waals surface area (Å²) in [7, 11) is 0.